The first-order valence-electron chi connectivity index (χ1n) is 24.5. The van der Waals surface area contributed by atoms with Crippen LogP contribution in [-0.4, -0.2) is 54.4 Å². The third-order valence-electron chi connectivity index (χ3n) is 12.7. The minimum absolute atomic E-state index is 0.0128. The molecule has 20 nitrogen and oxygen atoms in total. The number of nitro benzene ring substituents is 4. The van der Waals surface area contributed by atoms with Gasteiger partial charge in [-0.25, -0.2) is 0 Å². The van der Waals surface area contributed by atoms with Gasteiger partial charge in [0.2, 0.25) is 0 Å². The van der Waals surface area contributed by atoms with Crippen LogP contribution in [0.4, 0.5) is 22.7 Å². The predicted octanol–water partition coefficient (Wildman–Crippen LogP) is 11.9. The summed E-state index contributed by atoms with van der Waals surface area (Å²) in [5, 5.41) is 46.1. The fourth-order valence-electron chi connectivity index (χ4n) is 8.68. The van der Waals surface area contributed by atoms with E-state index >= 15 is 0 Å². The molecule has 82 heavy (non-hydrogen) atoms. The maximum Gasteiger partial charge on any atom is 0.270 e. The Morgan fingerprint density at radius 2 is 0.488 bits per heavy atom. The molecule has 0 amide bonds. The number of nitrogens with zero attached hydrogens (tertiary/aromatic N) is 4. The van der Waals surface area contributed by atoms with Crippen molar-refractivity contribution in [3.63, 3.8) is 0 Å². The number of nitro groups is 4. The van der Waals surface area contributed by atoms with E-state index in [4.69, 9.17) is 9.47 Å². The van der Waals surface area contributed by atoms with Gasteiger partial charge >= 0.3 is 0 Å². The van der Waals surface area contributed by atoms with Crippen molar-refractivity contribution in [1.29, 1.82) is 0 Å². The number of carbonyl (C=O) groups is 6. The number of rotatable bonds is 22. The summed E-state index contributed by atoms with van der Waals surface area (Å²) >= 11 is 0. The van der Waals surface area contributed by atoms with E-state index in [2.05, 4.69) is 0 Å². The number of hydrogen-bond acceptors (Lipinski definition) is 16. The van der Waals surface area contributed by atoms with Crippen molar-refractivity contribution in [2.45, 2.75) is 13.2 Å². The van der Waals surface area contributed by atoms with Crippen LogP contribution in [0.3, 0.4) is 0 Å². The van der Waals surface area contributed by atoms with Crippen LogP contribution < -0.4 is 9.47 Å². The molecule has 0 radical (unpaired) electrons. The van der Waals surface area contributed by atoms with Gasteiger partial charge in [0.15, 0.2) is 34.7 Å². The number of non-ortho nitro benzene ring substituents is 4. The third-order valence-corrected chi connectivity index (χ3v) is 12.7. The predicted molar refractivity (Wildman–Crippen MR) is 294 cm³/mol. The Kier molecular flexibility index (Phi) is 16.0. The number of ketones is 6. The summed E-state index contributed by atoms with van der Waals surface area (Å²) in [6.07, 6.45) is 0. The average Bonchev–Trinajstić information content (AvgIpc) is 3.57. The van der Waals surface area contributed by atoms with Gasteiger partial charge in [-0.1, -0.05) is 91.0 Å². The fourth-order valence-corrected chi connectivity index (χ4v) is 8.68. The van der Waals surface area contributed by atoms with Crippen LogP contribution in [0.25, 0.3) is 0 Å². The largest absolute Gasteiger partial charge is 0.489 e. The molecular formula is C62H38N4O16. The topological polar surface area (TPSA) is 293 Å². The molecule has 0 heterocycles. The molecule has 9 aromatic carbocycles. The summed E-state index contributed by atoms with van der Waals surface area (Å²) < 4.78 is 12.2. The molecule has 0 atom stereocenters. The van der Waals surface area contributed by atoms with Crippen LogP contribution in [-0.2, 0) is 13.2 Å². The van der Waals surface area contributed by atoms with Gasteiger partial charge in [-0.2, -0.15) is 0 Å². The Hall–Kier alpha value is -11.8. The third kappa shape index (κ3) is 12.6. The molecule has 402 valence electrons. The Morgan fingerprint density at radius 3 is 0.732 bits per heavy atom. The molecule has 0 aromatic heterocycles. The van der Waals surface area contributed by atoms with Crippen molar-refractivity contribution in [2.75, 3.05) is 0 Å². The van der Waals surface area contributed by atoms with Gasteiger partial charge in [0.25, 0.3) is 22.7 Å². The lowest BCUT2D eigenvalue weighted by Gasteiger charge is -2.12. The molecular weight excluding hydrogens is 1060 g/mol. The Labute approximate surface area is 463 Å². The smallest absolute Gasteiger partial charge is 0.270 e. The summed E-state index contributed by atoms with van der Waals surface area (Å²) in [4.78, 5) is 127. The quantitative estimate of drug-likeness (QED) is 0.0346. The van der Waals surface area contributed by atoms with Crippen molar-refractivity contribution in [3.05, 3.63) is 325 Å². The number of ether oxygens (including phenoxy) is 2. The molecule has 20 heteroatoms. The van der Waals surface area contributed by atoms with Crippen LogP contribution >= 0.6 is 0 Å². The minimum atomic E-state index is -0.732. The Bertz CT molecular complexity index is 3740. The van der Waals surface area contributed by atoms with Crippen molar-refractivity contribution in [1.82, 2.24) is 0 Å². The lowest BCUT2D eigenvalue weighted by Crippen LogP contribution is -2.11. The van der Waals surface area contributed by atoms with Gasteiger partial charge in [0.05, 0.1) is 19.7 Å². The molecule has 9 rings (SSSR count). The lowest BCUT2D eigenvalue weighted by atomic mass is 9.92. The highest BCUT2D eigenvalue weighted by molar-refractivity contribution is 6.19. The van der Waals surface area contributed by atoms with Crippen molar-refractivity contribution in [3.8, 4) is 11.5 Å². The zero-order valence-electron chi connectivity index (χ0n) is 42.4. The van der Waals surface area contributed by atoms with Gasteiger partial charge in [-0.05, 0) is 77.9 Å². The van der Waals surface area contributed by atoms with E-state index in [1.807, 2.05) is 0 Å². The highest BCUT2D eigenvalue weighted by atomic mass is 16.6. The normalized spacial score (nSPS) is 10.7. The number of hydrogen-bond donors (Lipinski definition) is 0. The molecule has 0 saturated heterocycles. The SMILES string of the molecule is O=C(c1cccc(OCc2cccc(COc3cccc(C(=O)c4cc(C(=O)c5cccc([N+](=O)[O-])c5)cc(C(=O)c5cccc([N+](=O)[O-])c5)c4)c3)c2)c1)c1cc(C(=O)c2cccc([N+](=O)[O-])c2)cc(C(=O)c2cccc([N+](=O)[O-])c2)c1. The molecule has 9 aromatic rings. The molecule has 0 aliphatic heterocycles. The van der Waals surface area contributed by atoms with E-state index in [0.29, 0.717) is 11.1 Å². The van der Waals surface area contributed by atoms with E-state index < -0.39 is 54.4 Å². The van der Waals surface area contributed by atoms with Crippen LogP contribution in [0.5, 0.6) is 11.5 Å². The van der Waals surface area contributed by atoms with E-state index in [9.17, 15) is 69.2 Å². The second-order valence-corrected chi connectivity index (χ2v) is 18.3. The Morgan fingerprint density at radius 1 is 0.268 bits per heavy atom. The maximum atomic E-state index is 14.2. The Balaban J connectivity index is 0.911. The van der Waals surface area contributed by atoms with Crippen LogP contribution in [0.2, 0.25) is 0 Å². The number of benzene rings is 9. The maximum absolute atomic E-state index is 14.2. The van der Waals surface area contributed by atoms with Gasteiger partial charge in [0, 0.05) is 115 Å². The molecule has 0 bridgehead atoms. The molecule has 0 fully saturated rings. The molecule has 0 N–H and O–H groups in total. The zero-order valence-corrected chi connectivity index (χ0v) is 42.4. The lowest BCUT2D eigenvalue weighted by molar-refractivity contribution is -0.385. The highest BCUT2D eigenvalue weighted by Gasteiger charge is 2.25. The summed E-state index contributed by atoms with van der Waals surface area (Å²) in [5.74, 6) is -3.65. The highest BCUT2D eigenvalue weighted by Crippen LogP contribution is 2.28. The van der Waals surface area contributed by atoms with E-state index in [0.717, 1.165) is 24.3 Å². The van der Waals surface area contributed by atoms with Crippen molar-refractivity contribution in [2.24, 2.45) is 0 Å². The first kappa shape index (κ1) is 55.0. The fraction of sp³-hybridized carbons (Fsp3) is 0.0323. The molecule has 0 unspecified atom stereocenters. The first-order chi connectivity index (χ1) is 39.4. The van der Waals surface area contributed by atoms with Gasteiger partial charge in [-0.15, -0.1) is 0 Å². The summed E-state index contributed by atoms with van der Waals surface area (Å²) in [6.45, 7) is 0.0256. The van der Waals surface area contributed by atoms with Gasteiger partial charge in [0.1, 0.15) is 24.7 Å². The second-order valence-electron chi connectivity index (χ2n) is 18.3. The average molecular weight is 1090 g/mol. The van der Waals surface area contributed by atoms with Gasteiger partial charge < -0.3 is 9.47 Å². The zero-order chi connectivity index (χ0) is 58.2. The molecule has 0 aliphatic rings. The van der Waals surface area contributed by atoms with Crippen LogP contribution in [0, 0.1) is 40.5 Å². The molecule has 0 spiro atoms. The van der Waals surface area contributed by atoms with Crippen LogP contribution in [0.15, 0.2) is 206 Å². The van der Waals surface area contributed by atoms with Crippen molar-refractivity contribution >= 4 is 57.4 Å². The van der Waals surface area contributed by atoms with Gasteiger partial charge in [-0.3, -0.25) is 69.2 Å². The minimum Gasteiger partial charge on any atom is -0.489 e. The van der Waals surface area contributed by atoms with E-state index in [-0.39, 0.29) is 114 Å². The van der Waals surface area contributed by atoms with E-state index in [1.165, 1.54) is 133 Å². The molecule has 0 aliphatic carbocycles. The summed E-state index contributed by atoms with van der Waals surface area (Å²) in [5.41, 5.74) is -1.04. The van der Waals surface area contributed by atoms with Crippen molar-refractivity contribution < 1.29 is 57.9 Å². The second kappa shape index (κ2) is 23.8. The standard InChI is InChI=1S/C62H38N4O16/c67-57(39-10-2-16-51(29-39)63(73)74)45-23-46(58(68)40-11-3-17-52(30-40)64(75)76)26-49(25-45)61(71)43-14-6-20-55(33-43)81-35-37-8-1-9-38(22-37)36-82-56-21-7-15-44(34-56)62(72)50-27-47(59(69)41-12-4-18-53(31-41)65(77)78)24-48(28-50)60(70)42-13-5-19-54(32-42)66(79)80/h1-34H,35-36H2. The number of carbonyl (C=O) groups excluding carboxylic acids is 6. The molecule has 0 saturated carbocycles. The monoisotopic (exact) mass is 1090 g/mol. The van der Waals surface area contributed by atoms with E-state index in [1.54, 1.807) is 48.5 Å². The van der Waals surface area contributed by atoms with Crippen LogP contribution in [0.1, 0.15) is 107 Å². The summed E-state index contributed by atoms with van der Waals surface area (Å²) in [6, 6.07) is 46.6. The first-order valence-corrected chi connectivity index (χ1v) is 24.5. The summed E-state index contributed by atoms with van der Waals surface area (Å²) in [7, 11) is 0.